The fourth-order valence-corrected chi connectivity index (χ4v) is 4.80. The zero-order valence-electron chi connectivity index (χ0n) is 20.2. The molecule has 1 nitrogen and oxygen atoms in total. The van der Waals surface area contributed by atoms with Gasteiger partial charge in [0.05, 0.1) is 0 Å². The second-order valence-corrected chi connectivity index (χ2v) is 9.29. The summed E-state index contributed by atoms with van der Waals surface area (Å²) in [6.45, 7) is 2.29. The average molecular weight is 439 g/mol. The predicted octanol–water partition coefficient (Wildman–Crippen LogP) is 10.2. The maximum Gasteiger partial charge on any atom is 0.138 e. The molecule has 0 aromatic heterocycles. The van der Waals surface area contributed by atoms with E-state index >= 15 is 0 Å². The van der Waals surface area contributed by atoms with Crippen LogP contribution in [0.25, 0.3) is 21.5 Å². The van der Waals surface area contributed by atoms with Gasteiger partial charge in [-0.1, -0.05) is 138 Å². The van der Waals surface area contributed by atoms with Gasteiger partial charge < -0.3 is 4.74 Å². The fraction of sp³-hybridized carbons (Fsp3) is 0.375. The number of ether oxygens (including phenoxy) is 1. The average Bonchev–Trinajstić information content (AvgIpc) is 2.86. The Morgan fingerprint density at radius 2 is 1.09 bits per heavy atom. The Kier molecular flexibility index (Phi) is 8.81. The van der Waals surface area contributed by atoms with Crippen molar-refractivity contribution < 1.29 is 4.74 Å². The van der Waals surface area contributed by atoms with Crippen molar-refractivity contribution in [2.24, 2.45) is 0 Å². The molecule has 0 atom stereocenters. The highest BCUT2D eigenvalue weighted by Gasteiger charge is 2.12. The van der Waals surface area contributed by atoms with E-state index in [0.29, 0.717) is 0 Å². The topological polar surface area (TPSA) is 9.23 Å². The summed E-state index contributed by atoms with van der Waals surface area (Å²) < 4.78 is 6.68. The first-order valence-corrected chi connectivity index (χ1v) is 13.0. The van der Waals surface area contributed by atoms with Gasteiger partial charge in [0, 0.05) is 10.8 Å². The summed E-state index contributed by atoms with van der Waals surface area (Å²) in [6, 6.07) is 27.9. The summed E-state index contributed by atoms with van der Waals surface area (Å²) in [7, 11) is 0. The van der Waals surface area contributed by atoms with Crippen LogP contribution in [0.2, 0.25) is 0 Å². The van der Waals surface area contributed by atoms with Crippen LogP contribution in [0.1, 0.15) is 76.7 Å². The summed E-state index contributed by atoms with van der Waals surface area (Å²) in [5, 5.41) is 4.82. The van der Waals surface area contributed by atoms with Crippen LogP contribution in [0.5, 0.6) is 11.5 Å². The molecule has 172 valence electrons. The van der Waals surface area contributed by atoms with Crippen molar-refractivity contribution in [2.75, 3.05) is 0 Å². The van der Waals surface area contributed by atoms with Crippen LogP contribution in [0, 0.1) is 0 Å². The van der Waals surface area contributed by atoms with Gasteiger partial charge in [0.2, 0.25) is 0 Å². The van der Waals surface area contributed by atoms with E-state index in [9.17, 15) is 0 Å². The molecule has 0 N–H and O–H groups in total. The Labute approximate surface area is 199 Å². The Morgan fingerprint density at radius 3 is 1.82 bits per heavy atom. The van der Waals surface area contributed by atoms with Crippen molar-refractivity contribution in [3.63, 3.8) is 0 Å². The van der Waals surface area contributed by atoms with Crippen molar-refractivity contribution in [2.45, 2.75) is 77.6 Å². The van der Waals surface area contributed by atoms with Gasteiger partial charge in [0.15, 0.2) is 0 Å². The first kappa shape index (κ1) is 23.4. The van der Waals surface area contributed by atoms with Gasteiger partial charge in [-0.2, -0.15) is 0 Å². The van der Waals surface area contributed by atoms with Crippen LogP contribution < -0.4 is 4.74 Å². The Bertz CT molecular complexity index is 1140. The molecular weight excluding hydrogens is 400 g/mol. The molecule has 4 aromatic rings. The SMILES string of the molecule is CCCCCCCCCCCCc1ccc2ccccc2c1Oc1cccc2ccccc12. The minimum absolute atomic E-state index is 0.939. The molecule has 4 aromatic carbocycles. The first-order chi connectivity index (χ1) is 16.4. The van der Waals surface area contributed by atoms with E-state index in [4.69, 9.17) is 4.74 Å². The van der Waals surface area contributed by atoms with E-state index in [0.717, 1.165) is 23.3 Å². The maximum atomic E-state index is 6.68. The summed E-state index contributed by atoms with van der Waals surface area (Å²) in [5.74, 6) is 1.97. The Hall–Kier alpha value is -2.80. The van der Waals surface area contributed by atoms with Crippen molar-refractivity contribution in [1.82, 2.24) is 0 Å². The number of hydrogen-bond donors (Lipinski definition) is 0. The monoisotopic (exact) mass is 438 g/mol. The molecule has 0 fully saturated rings. The normalized spacial score (nSPS) is 11.3. The predicted molar refractivity (Wildman–Crippen MR) is 144 cm³/mol. The lowest BCUT2D eigenvalue weighted by atomic mass is 9.99. The van der Waals surface area contributed by atoms with E-state index in [1.165, 1.54) is 85.9 Å². The lowest BCUT2D eigenvalue weighted by molar-refractivity contribution is 0.485. The van der Waals surface area contributed by atoms with E-state index < -0.39 is 0 Å². The number of unbranched alkanes of at least 4 members (excludes halogenated alkanes) is 9. The molecule has 1 heteroatoms. The lowest BCUT2D eigenvalue weighted by Gasteiger charge is -2.16. The van der Waals surface area contributed by atoms with E-state index in [1.807, 2.05) is 0 Å². The van der Waals surface area contributed by atoms with E-state index in [-0.39, 0.29) is 0 Å². The Balaban J connectivity index is 1.42. The smallest absolute Gasteiger partial charge is 0.138 e. The lowest BCUT2D eigenvalue weighted by Crippen LogP contribution is -1.95. The molecule has 0 aliphatic carbocycles. The minimum Gasteiger partial charge on any atom is -0.456 e. The molecular formula is C32H38O. The number of aryl methyl sites for hydroxylation is 1. The quantitative estimate of drug-likeness (QED) is 0.189. The van der Waals surface area contributed by atoms with Crippen LogP contribution in [0.4, 0.5) is 0 Å². The van der Waals surface area contributed by atoms with Gasteiger partial charge in [0.25, 0.3) is 0 Å². The van der Waals surface area contributed by atoms with Crippen LogP contribution in [0.15, 0.2) is 78.9 Å². The summed E-state index contributed by atoms with van der Waals surface area (Å²) >= 11 is 0. The number of hydrogen-bond acceptors (Lipinski definition) is 1. The number of benzene rings is 4. The van der Waals surface area contributed by atoms with Crippen LogP contribution >= 0.6 is 0 Å². The summed E-state index contributed by atoms with van der Waals surface area (Å²) in [5.41, 5.74) is 1.32. The third kappa shape index (κ3) is 6.38. The van der Waals surface area contributed by atoms with Gasteiger partial charge >= 0.3 is 0 Å². The molecule has 0 spiro atoms. The fourth-order valence-electron chi connectivity index (χ4n) is 4.80. The standard InChI is InChI=1S/C32H38O/c1-2-3-4-5-6-7-8-9-10-11-19-28-25-24-27-18-13-15-22-30(27)32(28)33-31-23-16-20-26-17-12-14-21-29(26)31/h12-18,20-25H,2-11,19H2,1H3. The molecule has 0 saturated heterocycles. The van der Waals surface area contributed by atoms with E-state index in [2.05, 4.69) is 85.8 Å². The van der Waals surface area contributed by atoms with E-state index in [1.54, 1.807) is 0 Å². The number of rotatable bonds is 13. The van der Waals surface area contributed by atoms with Gasteiger partial charge in [-0.3, -0.25) is 0 Å². The highest BCUT2D eigenvalue weighted by atomic mass is 16.5. The zero-order valence-corrected chi connectivity index (χ0v) is 20.2. The van der Waals surface area contributed by atoms with Gasteiger partial charge in [0.1, 0.15) is 11.5 Å². The molecule has 0 unspecified atom stereocenters. The molecule has 4 rings (SSSR count). The van der Waals surface area contributed by atoms with Gasteiger partial charge in [-0.15, -0.1) is 0 Å². The second-order valence-electron chi connectivity index (χ2n) is 9.29. The molecule has 0 amide bonds. The maximum absolute atomic E-state index is 6.68. The highest BCUT2D eigenvalue weighted by Crippen LogP contribution is 2.37. The second kappa shape index (κ2) is 12.4. The summed E-state index contributed by atoms with van der Waals surface area (Å²) in [6.07, 6.45) is 14.7. The first-order valence-electron chi connectivity index (χ1n) is 13.0. The van der Waals surface area contributed by atoms with Crippen molar-refractivity contribution in [3.8, 4) is 11.5 Å². The molecule has 33 heavy (non-hydrogen) atoms. The molecule has 0 bridgehead atoms. The van der Waals surface area contributed by atoms with Crippen LogP contribution in [-0.2, 0) is 6.42 Å². The largest absolute Gasteiger partial charge is 0.456 e. The third-order valence-corrected chi connectivity index (χ3v) is 6.72. The molecule has 0 heterocycles. The van der Waals surface area contributed by atoms with Crippen LogP contribution in [0.3, 0.4) is 0 Å². The van der Waals surface area contributed by atoms with Crippen LogP contribution in [-0.4, -0.2) is 0 Å². The van der Waals surface area contributed by atoms with Gasteiger partial charge in [-0.05, 0) is 35.2 Å². The van der Waals surface area contributed by atoms with Crippen molar-refractivity contribution in [3.05, 3.63) is 84.4 Å². The van der Waals surface area contributed by atoms with Crippen molar-refractivity contribution >= 4 is 21.5 Å². The molecule has 0 aliphatic heterocycles. The molecule has 0 saturated carbocycles. The molecule has 0 radical (unpaired) electrons. The number of fused-ring (bicyclic) bond motifs is 2. The molecule has 0 aliphatic rings. The zero-order chi connectivity index (χ0) is 22.7. The Morgan fingerprint density at radius 1 is 0.515 bits per heavy atom. The summed E-state index contributed by atoms with van der Waals surface area (Å²) in [4.78, 5) is 0. The third-order valence-electron chi connectivity index (χ3n) is 6.72. The van der Waals surface area contributed by atoms with Crippen molar-refractivity contribution in [1.29, 1.82) is 0 Å². The van der Waals surface area contributed by atoms with Gasteiger partial charge in [-0.25, -0.2) is 0 Å². The minimum atomic E-state index is 0.939. The highest BCUT2D eigenvalue weighted by molar-refractivity contribution is 5.92.